The van der Waals surface area contributed by atoms with Crippen LogP contribution in [0.3, 0.4) is 0 Å². The molecule has 18 heavy (non-hydrogen) atoms. The zero-order valence-corrected chi connectivity index (χ0v) is 10.6. The van der Waals surface area contributed by atoms with E-state index in [9.17, 15) is 26.3 Å². The Labute approximate surface area is 109 Å². The van der Waals surface area contributed by atoms with Gasteiger partial charge in [0, 0.05) is 5.39 Å². The summed E-state index contributed by atoms with van der Waals surface area (Å²) in [6.07, 6.45) is -9.72. The Morgan fingerprint density at radius 1 is 1.00 bits per heavy atom. The number of fused-ring (bicyclic) bond motifs is 1. The Bertz CT molecular complexity index is 599. The highest BCUT2D eigenvalue weighted by atomic mass is 79.9. The molecule has 0 bridgehead atoms. The van der Waals surface area contributed by atoms with E-state index in [1.54, 1.807) is 0 Å². The summed E-state index contributed by atoms with van der Waals surface area (Å²) in [6, 6.07) is 0.729. The number of aromatic nitrogens is 1. The maximum atomic E-state index is 12.7. The molecule has 2 rings (SSSR count). The molecule has 9 heteroatoms. The summed E-state index contributed by atoms with van der Waals surface area (Å²) < 4.78 is 79.2. The zero-order chi connectivity index (χ0) is 13.7. The van der Waals surface area contributed by atoms with Crippen LogP contribution in [0, 0.1) is 0 Å². The summed E-state index contributed by atoms with van der Waals surface area (Å²) in [7, 11) is 0. The number of hydrogen-bond donors (Lipinski definition) is 0. The van der Waals surface area contributed by atoms with E-state index in [4.69, 9.17) is 0 Å². The molecule has 1 aromatic carbocycles. The van der Waals surface area contributed by atoms with Crippen LogP contribution in [-0.2, 0) is 12.4 Å². The molecule has 0 spiro atoms. The van der Waals surface area contributed by atoms with Crippen molar-refractivity contribution in [1.82, 2.24) is 4.37 Å². The maximum Gasteiger partial charge on any atom is 0.418 e. The van der Waals surface area contributed by atoms with Crippen LogP contribution >= 0.6 is 27.5 Å². The number of rotatable bonds is 0. The van der Waals surface area contributed by atoms with E-state index in [1.165, 1.54) is 0 Å². The minimum Gasteiger partial charge on any atom is -0.191 e. The van der Waals surface area contributed by atoms with Gasteiger partial charge in [0.25, 0.3) is 0 Å². The average Bonchev–Trinajstić information content (AvgIpc) is 2.56. The van der Waals surface area contributed by atoms with Crippen molar-refractivity contribution in [2.75, 3.05) is 0 Å². The fourth-order valence-corrected chi connectivity index (χ4v) is 2.54. The summed E-state index contributed by atoms with van der Waals surface area (Å²) in [5.41, 5.74) is -3.20. The second kappa shape index (κ2) is 4.09. The lowest BCUT2D eigenvalue weighted by atomic mass is 10.1. The highest BCUT2D eigenvalue weighted by Gasteiger charge is 2.39. The van der Waals surface area contributed by atoms with Gasteiger partial charge >= 0.3 is 12.4 Å². The van der Waals surface area contributed by atoms with Gasteiger partial charge in [0.15, 0.2) is 0 Å². The van der Waals surface area contributed by atoms with Crippen LogP contribution in [-0.4, -0.2) is 4.37 Å². The predicted octanol–water partition coefficient (Wildman–Crippen LogP) is 5.10. The molecule has 0 amide bonds. The van der Waals surface area contributed by atoms with Gasteiger partial charge in [0.2, 0.25) is 0 Å². The first-order valence-corrected chi connectivity index (χ1v) is 5.90. The van der Waals surface area contributed by atoms with E-state index in [0.29, 0.717) is 17.6 Å². The molecule has 0 N–H and O–H groups in total. The van der Waals surface area contributed by atoms with Gasteiger partial charge in [-0.25, -0.2) is 0 Å². The van der Waals surface area contributed by atoms with Crippen LogP contribution in [0.2, 0.25) is 0 Å². The van der Waals surface area contributed by atoms with E-state index in [2.05, 4.69) is 20.3 Å². The summed E-state index contributed by atoms with van der Waals surface area (Å²) in [4.78, 5) is 0. The van der Waals surface area contributed by atoms with E-state index >= 15 is 0 Å². The first-order chi connectivity index (χ1) is 8.10. The van der Waals surface area contributed by atoms with Gasteiger partial charge in [0.05, 0.1) is 20.4 Å². The second-order valence-electron chi connectivity index (χ2n) is 3.37. The summed E-state index contributed by atoms with van der Waals surface area (Å²) in [5.74, 6) is 0. The Morgan fingerprint density at radius 3 is 2.11 bits per heavy atom. The minimum atomic E-state index is -4.88. The van der Waals surface area contributed by atoms with E-state index < -0.39 is 29.0 Å². The van der Waals surface area contributed by atoms with Crippen molar-refractivity contribution in [2.45, 2.75) is 12.4 Å². The lowest BCUT2D eigenvalue weighted by Gasteiger charge is -2.12. The topological polar surface area (TPSA) is 12.9 Å². The SMILES string of the molecule is FC(F)(F)c1cc(C(F)(F)F)c2nsc(Br)c2c1. The monoisotopic (exact) mass is 349 g/mol. The molecule has 1 nitrogen and oxygen atoms in total. The van der Waals surface area contributed by atoms with Crippen molar-refractivity contribution >= 4 is 38.4 Å². The van der Waals surface area contributed by atoms with Crippen LogP contribution in [0.15, 0.2) is 15.9 Å². The Hall–Kier alpha value is -0.830. The molecule has 0 aliphatic rings. The Kier molecular flexibility index (Phi) is 3.09. The van der Waals surface area contributed by atoms with Crippen molar-refractivity contribution in [3.63, 3.8) is 0 Å². The van der Waals surface area contributed by atoms with E-state index in [0.717, 1.165) is 0 Å². The van der Waals surface area contributed by atoms with Gasteiger partial charge in [-0.3, -0.25) is 0 Å². The highest BCUT2D eigenvalue weighted by Crippen LogP contribution is 2.42. The molecule has 2 aromatic rings. The molecule has 0 saturated carbocycles. The first-order valence-electron chi connectivity index (χ1n) is 4.34. The lowest BCUT2D eigenvalue weighted by molar-refractivity contribution is -0.142. The summed E-state index contributed by atoms with van der Waals surface area (Å²) in [6.45, 7) is 0. The zero-order valence-electron chi connectivity index (χ0n) is 8.16. The van der Waals surface area contributed by atoms with Crippen molar-refractivity contribution in [3.05, 3.63) is 27.0 Å². The van der Waals surface area contributed by atoms with Gasteiger partial charge in [-0.1, -0.05) is 0 Å². The van der Waals surface area contributed by atoms with Crippen molar-refractivity contribution in [3.8, 4) is 0 Å². The van der Waals surface area contributed by atoms with Crippen LogP contribution in [0.5, 0.6) is 0 Å². The lowest BCUT2D eigenvalue weighted by Crippen LogP contribution is -2.11. The van der Waals surface area contributed by atoms with Crippen LogP contribution in [0.1, 0.15) is 11.1 Å². The van der Waals surface area contributed by atoms with Gasteiger partial charge in [-0.15, -0.1) is 0 Å². The maximum absolute atomic E-state index is 12.7. The molecule has 0 radical (unpaired) electrons. The third kappa shape index (κ3) is 2.33. The molecular formula is C9H2BrF6NS. The first kappa shape index (κ1) is 13.6. The molecule has 1 heterocycles. The fraction of sp³-hybridized carbons (Fsp3) is 0.222. The third-order valence-corrected chi connectivity index (χ3v) is 3.69. The van der Waals surface area contributed by atoms with Gasteiger partial charge in [-0.05, 0) is 39.6 Å². The average molecular weight is 350 g/mol. The fourth-order valence-electron chi connectivity index (χ4n) is 1.40. The van der Waals surface area contributed by atoms with E-state index in [1.807, 2.05) is 0 Å². The number of alkyl halides is 6. The molecule has 0 unspecified atom stereocenters. The van der Waals surface area contributed by atoms with Gasteiger partial charge < -0.3 is 0 Å². The highest BCUT2D eigenvalue weighted by molar-refractivity contribution is 9.11. The largest absolute Gasteiger partial charge is 0.418 e. The van der Waals surface area contributed by atoms with Crippen molar-refractivity contribution < 1.29 is 26.3 Å². The molecule has 0 saturated heterocycles. The molecular weight excluding hydrogens is 348 g/mol. The van der Waals surface area contributed by atoms with Crippen molar-refractivity contribution in [1.29, 1.82) is 0 Å². The Balaban J connectivity index is 2.83. The number of benzene rings is 1. The van der Waals surface area contributed by atoms with Crippen LogP contribution in [0.4, 0.5) is 26.3 Å². The smallest absolute Gasteiger partial charge is 0.191 e. The summed E-state index contributed by atoms with van der Waals surface area (Å²) in [5, 5.41) is -0.192. The van der Waals surface area contributed by atoms with E-state index in [-0.39, 0.29) is 15.2 Å². The Morgan fingerprint density at radius 2 is 1.61 bits per heavy atom. The number of halogens is 7. The molecule has 0 fully saturated rings. The number of nitrogens with zero attached hydrogens (tertiary/aromatic N) is 1. The third-order valence-electron chi connectivity index (χ3n) is 2.17. The van der Waals surface area contributed by atoms with Gasteiger partial charge in [0.1, 0.15) is 0 Å². The van der Waals surface area contributed by atoms with Gasteiger partial charge in [-0.2, -0.15) is 30.7 Å². The molecule has 0 aliphatic heterocycles. The number of hydrogen-bond acceptors (Lipinski definition) is 2. The summed E-state index contributed by atoms with van der Waals surface area (Å²) >= 11 is 3.56. The quantitative estimate of drug-likeness (QED) is 0.603. The molecule has 1 aromatic heterocycles. The molecule has 0 aliphatic carbocycles. The second-order valence-corrected chi connectivity index (χ2v) is 5.46. The molecule has 0 atom stereocenters. The minimum absolute atomic E-state index is 0.0779. The molecule has 98 valence electrons. The standard InChI is InChI=1S/C9H2BrF6NS/c10-7-4-1-3(8(11,12)13)2-5(9(14,15)16)6(4)17-18-7/h1-2H. The predicted molar refractivity (Wildman–Crippen MR) is 57.3 cm³/mol. The van der Waals surface area contributed by atoms with Crippen LogP contribution < -0.4 is 0 Å². The van der Waals surface area contributed by atoms with Crippen LogP contribution in [0.25, 0.3) is 10.9 Å². The normalized spacial score (nSPS) is 13.3. The van der Waals surface area contributed by atoms with Crippen molar-refractivity contribution in [2.24, 2.45) is 0 Å².